The second-order valence-electron chi connectivity index (χ2n) is 6.89. The van der Waals surface area contributed by atoms with Crippen LogP contribution in [0.5, 0.6) is 0 Å². The zero-order valence-corrected chi connectivity index (χ0v) is 12.6. The van der Waals surface area contributed by atoms with Gasteiger partial charge in [-0.15, -0.1) is 0 Å². The highest BCUT2D eigenvalue weighted by Crippen LogP contribution is 2.50. The average molecular weight is 278 g/mol. The standard InChI is InChI=1S/C16H26N2O2/c1-3-14-16(20)18(7-6-15(19)17-14)10(2)13-9-11-4-5-12(13)8-11/h10-14H,3-9H2,1-2H3,(H,17,19). The summed E-state index contributed by atoms with van der Waals surface area (Å²) in [4.78, 5) is 26.4. The molecule has 0 radical (unpaired) electrons. The van der Waals surface area contributed by atoms with Crippen LogP contribution in [-0.4, -0.2) is 35.3 Å². The number of carbonyl (C=O) groups is 2. The van der Waals surface area contributed by atoms with E-state index < -0.39 is 0 Å². The third-order valence-electron chi connectivity index (χ3n) is 5.81. The van der Waals surface area contributed by atoms with Crippen molar-refractivity contribution in [2.24, 2.45) is 17.8 Å². The van der Waals surface area contributed by atoms with Gasteiger partial charge in [0.1, 0.15) is 6.04 Å². The number of amides is 2. The first-order valence-corrected chi connectivity index (χ1v) is 8.20. The minimum absolute atomic E-state index is 0.0212. The van der Waals surface area contributed by atoms with E-state index in [0.29, 0.717) is 31.3 Å². The molecule has 5 unspecified atom stereocenters. The van der Waals surface area contributed by atoms with E-state index in [1.807, 2.05) is 11.8 Å². The van der Waals surface area contributed by atoms with Crippen molar-refractivity contribution in [1.29, 1.82) is 0 Å². The molecule has 0 aromatic carbocycles. The summed E-state index contributed by atoms with van der Waals surface area (Å²) in [5.41, 5.74) is 0. The van der Waals surface area contributed by atoms with Gasteiger partial charge < -0.3 is 10.2 Å². The molecule has 0 aromatic heterocycles. The number of nitrogens with zero attached hydrogens (tertiary/aromatic N) is 1. The van der Waals surface area contributed by atoms with E-state index in [1.54, 1.807) is 0 Å². The fourth-order valence-electron chi connectivity index (χ4n) is 4.66. The van der Waals surface area contributed by atoms with Crippen LogP contribution in [0, 0.1) is 17.8 Å². The lowest BCUT2D eigenvalue weighted by Gasteiger charge is -2.37. The fourth-order valence-corrected chi connectivity index (χ4v) is 4.66. The van der Waals surface area contributed by atoms with Crippen molar-refractivity contribution in [3.05, 3.63) is 0 Å². The molecule has 0 aromatic rings. The molecule has 20 heavy (non-hydrogen) atoms. The van der Waals surface area contributed by atoms with Crippen LogP contribution in [0.1, 0.15) is 52.4 Å². The molecule has 2 saturated carbocycles. The topological polar surface area (TPSA) is 49.4 Å². The molecule has 2 aliphatic carbocycles. The van der Waals surface area contributed by atoms with Crippen LogP contribution in [0.4, 0.5) is 0 Å². The Hall–Kier alpha value is -1.06. The van der Waals surface area contributed by atoms with E-state index in [-0.39, 0.29) is 17.9 Å². The first-order valence-electron chi connectivity index (χ1n) is 8.20. The number of rotatable bonds is 3. The van der Waals surface area contributed by atoms with Gasteiger partial charge >= 0.3 is 0 Å². The maximum absolute atomic E-state index is 12.6. The third-order valence-corrected chi connectivity index (χ3v) is 5.81. The Morgan fingerprint density at radius 1 is 1.30 bits per heavy atom. The molecule has 2 bridgehead atoms. The highest BCUT2D eigenvalue weighted by atomic mass is 16.2. The van der Waals surface area contributed by atoms with Crippen LogP contribution < -0.4 is 5.32 Å². The lowest BCUT2D eigenvalue weighted by atomic mass is 9.83. The smallest absolute Gasteiger partial charge is 0.245 e. The molecule has 1 N–H and O–H groups in total. The Kier molecular flexibility index (Phi) is 3.74. The minimum atomic E-state index is -0.314. The lowest BCUT2D eigenvalue weighted by molar-refractivity contribution is -0.136. The summed E-state index contributed by atoms with van der Waals surface area (Å²) in [5.74, 6) is 2.52. The van der Waals surface area contributed by atoms with Crippen LogP contribution in [0.25, 0.3) is 0 Å². The summed E-state index contributed by atoms with van der Waals surface area (Å²) in [6.45, 7) is 4.76. The second-order valence-corrected chi connectivity index (χ2v) is 6.89. The number of hydrogen-bond acceptors (Lipinski definition) is 2. The second kappa shape index (κ2) is 5.38. The largest absolute Gasteiger partial charge is 0.344 e. The summed E-state index contributed by atoms with van der Waals surface area (Å²) in [5, 5.41) is 2.86. The molecule has 112 valence electrons. The Labute approximate surface area is 121 Å². The lowest BCUT2D eigenvalue weighted by Crippen LogP contribution is -2.50. The van der Waals surface area contributed by atoms with Gasteiger partial charge in [-0.1, -0.05) is 13.3 Å². The van der Waals surface area contributed by atoms with E-state index in [4.69, 9.17) is 0 Å². The predicted octanol–water partition coefficient (Wildman–Crippen LogP) is 1.94. The molecule has 1 saturated heterocycles. The van der Waals surface area contributed by atoms with Gasteiger partial charge in [-0.25, -0.2) is 0 Å². The Morgan fingerprint density at radius 3 is 2.70 bits per heavy atom. The first-order chi connectivity index (χ1) is 9.60. The number of carbonyl (C=O) groups excluding carboxylic acids is 2. The van der Waals surface area contributed by atoms with Gasteiger partial charge in [0.05, 0.1) is 0 Å². The van der Waals surface area contributed by atoms with E-state index in [0.717, 1.165) is 11.8 Å². The van der Waals surface area contributed by atoms with Crippen molar-refractivity contribution < 1.29 is 9.59 Å². The highest BCUT2D eigenvalue weighted by Gasteiger charge is 2.45. The number of hydrogen-bond donors (Lipinski definition) is 1. The molecule has 1 aliphatic heterocycles. The van der Waals surface area contributed by atoms with Gasteiger partial charge in [-0.3, -0.25) is 9.59 Å². The molecule has 3 fully saturated rings. The van der Waals surface area contributed by atoms with Crippen LogP contribution in [0.15, 0.2) is 0 Å². The molecule has 1 heterocycles. The zero-order chi connectivity index (χ0) is 14.3. The molecule has 4 heteroatoms. The molecule has 5 atom stereocenters. The van der Waals surface area contributed by atoms with Crippen molar-refractivity contribution >= 4 is 11.8 Å². The van der Waals surface area contributed by atoms with Crippen LogP contribution in [0.2, 0.25) is 0 Å². The van der Waals surface area contributed by atoms with Crippen molar-refractivity contribution in [2.75, 3.05) is 6.54 Å². The van der Waals surface area contributed by atoms with E-state index in [9.17, 15) is 9.59 Å². The average Bonchev–Trinajstić information content (AvgIpc) is 3.03. The fraction of sp³-hybridized carbons (Fsp3) is 0.875. The van der Waals surface area contributed by atoms with Crippen molar-refractivity contribution in [3.63, 3.8) is 0 Å². The van der Waals surface area contributed by atoms with Gasteiger partial charge in [0, 0.05) is 19.0 Å². The molecule has 2 amide bonds. The van der Waals surface area contributed by atoms with Gasteiger partial charge in [0.2, 0.25) is 11.8 Å². The maximum Gasteiger partial charge on any atom is 0.245 e. The molecule has 4 nitrogen and oxygen atoms in total. The first kappa shape index (κ1) is 13.9. The minimum Gasteiger partial charge on any atom is -0.344 e. The highest BCUT2D eigenvalue weighted by molar-refractivity contribution is 5.90. The summed E-state index contributed by atoms with van der Waals surface area (Å²) in [6.07, 6.45) is 6.52. The Morgan fingerprint density at radius 2 is 2.10 bits per heavy atom. The van der Waals surface area contributed by atoms with Crippen LogP contribution in [0.3, 0.4) is 0 Å². The molecule has 0 spiro atoms. The van der Waals surface area contributed by atoms with Crippen molar-refractivity contribution in [1.82, 2.24) is 10.2 Å². The van der Waals surface area contributed by atoms with Gasteiger partial charge in [0.25, 0.3) is 0 Å². The Balaban J connectivity index is 1.74. The third kappa shape index (κ3) is 2.33. The predicted molar refractivity (Wildman–Crippen MR) is 77.0 cm³/mol. The normalized spacial score (nSPS) is 38.8. The van der Waals surface area contributed by atoms with E-state index in [1.165, 1.54) is 25.7 Å². The quantitative estimate of drug-likeness (QED) is 0.857. The SMILES string of the molecule is CCC1NC(=O)CCN(C(C)C2CC3CCC2C3)C1=O. The van der Waals surface area contributed by atoms with Gasteiger partial charge in [-0.2, -0.15) is 0 Å². The number of fused-ring (bicyclic) bond motifs is 2. The van der Waals surface area contributed by atoms with E-state index in [2.05, 4.69) is 12.2 Å². The maximum atomic E-state index is 12.6. The molecule has 3 aliphatic rings. The zero-order valence-electron chi connectivity index (χ0n) is 12.6. The van der Waals surface area contributed by atoms with Crippen LogP contribution in [-0.2, 0) is 9.59 Å². The summed E-state index contributed by atoms with van der Waals surface area (Å²) in [6, 6.07) is -0.0226. The summed E-state index contributed by atoms with van der Waals surface area (Å²) < 4.78 is 0. The molecular formula is C16H26N2O2. The van der Waals surface area contributed by atoms with Crippen molar-refractivity contribution in [3.8, 4) is 0 Å². The van der Waals surface area contributed by atoms with Crippen LogP contribution >= 0.6 is 0 Å². The monoisotopic (exact) mass is 278 g/mol. The molecular weight excluding hydrogens is 252 g/mol. The summed E-state index contributed by atoms with van der Waals surface area (Å²) >= 11 is 0. The molecule has 3 rings (SSSR count). The Bertz CT molecular complexity index is 409. The summed E-state index contributed by atoms with van der Waals surface area (Å²) in [7, 11) is 0. The van der Waals surface area contributed by atoms with E-state index >= 15 is 0 Å². The van der Waals surface area contributed by atoms with Gasteiger partial charge in [-0.05, 0) is 50.4 Å². The van der Waals surface area contributed by atoms with Crippen molar-refractivity contribution in [2.45, 2.75) is 64.5 Å². The van der Waals surface area contributed by atoms with Gasteiger partial charge in [0.15, 0.2) is 0 Å². The number of nitrogens with one attached hydrogen (secondary N) is 1.